The number of furan rings is 1. The molecule has 5 heteroatoms. The van der Waals surface area contributed by atoms with Gasteiger partial charge in [0.15, 0.2) is 0 Å². The minimum absolute atomic E-state index is 0.0743. The van der Waals surface area contributed by atoms with Crippen LogP contribution in [-0.4, -0.2) is 23.5 Å². The van der Waals surface area contributed by atoms with Crippen LogP contribution in [0.1, 0.15) is 34.2 Å². The van der Waals surface area contributed by atoms with Gasteiger partial charge in [-0.1, -0.05) is 24.3 Å². The molecule has 1 aliphatic rings. The van der Waals surface area contributed by atoms with E-state index in [1.54, 1.807) is 12.4 Å². The van der Waals surface area contributed by atoms with E-state index < -0.39 is 0 Å². The second-order valence-corrected chi connectivity index (χ2v) is 5.98. The van der Waals surface area contributed by atoms with Crippen LogP contribution in [-0.2, 0) is 4.74 Å². The molecule has 1 N–H and O–H groups in total. The number of para-hydroxylation sites is 1. The number of carbonyl (C=O) groups is 1. The van der Waals surface area contributed by atoms with Crippen molar-refractivity contribution in [2.24, 2.45) is 0 Å². The van der Waals surface area contributed by atoms with Crippen molar-refractivity contribution < 1.29 is 13.9 Å². The zero-order chi connectivity index (χ0) is 16.5. The Labute approximate surface area is 139 Å². The minimum Gasteiger partial charge on any atom is -0.461 e. The zero-order valence-corrected chi connectivity index (χ0v) is 13.4. The summed E-state index contributed by atoms with van der Waals surface area (Å²) in [4.78, 5) is 17.0. The minimum atomic E-state index is -0.166. The van der Waals surface area contributed by atoms with Gasteiger partial charge in [0.2, 0.25) is 0 Å². The van der Waals surface area contributed by atoms with Crippen LogP contribution in [0.2, 0.25) is 0 Å². The number of amides is 1. The van der Waals surface area contributed by atoms with Crippen LogP contribution in [0.3, 0.4) is 0 Å². The fourth-order valence-corrected chi connectivity index (χ4v) is 3.30. The lowest BCUT2D eigenvalue weighted by molar-refractivity contribution is 0.0820. The van der Waals surface area contributed by atoms with E-state index in [9.17, 15) is 4.79 Å². The molecule has 3 heterocycles. The molecule has 0 radical (unpaired) electrons. The highest BCUT2D eigenvalue weighted by atomic mass is 16.5. The van der Waals surface area contributed by atoms with E-state index in [1.807, 2.05) is 43.3 Å². The summed E-state index contributed by atoms with van der Waals surface area (Å²) in [7, 11) is 0. The van der Waals surface area contributed by atoms with E-state index in [1.165, 1.54) is 0 Å². The Kier molecular flexibility index (Phi) is 3.78. The number of rotatable bonds is 3. The summed E-state index contributed by atoms with van der Waals surface area (Å²) in [6.07, 6.45) is 4.13. The average molecular weight is 322 g/mol. The van der Waals surface area contributed by atoms with Gasteiger partial charge in [-0.15, -0.1) is 0 Å². The van der Waals surface area contributed by atoms with Gasteiger partial charge in [-0.3, -0.25) is 9.78 Å². The monoisotopic (exact) mass is 322 g/mol. The predicted octanol–water partition coefficient (Wildman–Crippen LogP) is 3.40. The predicted molar refractivity (Wildman–Crippen MR) is 89.8 cm³/mol. The summed E-state index contributed by atoms with van der Waals surface area (Å²) in [5.41, 5.74) is 2.31. The normalized spacial score (nSPS) is 20.4. The molecule has 5 nitrogen and oxygen atoms in total. The first kappa shape index (κ1) is 14.9. The number of benzene rings is 1. The Morgan fingerprint density at radius 2 is 2.12 bits per heavy atom. The summed E-state index contributed by atoms with van der Waals surface area (Å²) in [5, 5.41) is 3.95. The van der Waals surface area contributed by atoms with Gasteiger partial charge in [0, 0.05) is 30.0 Å². The SMILES string of the molecule is Cc1oc2ccccc2c1C(=O)N[C@@H]1CCO[C@H]1c1cccnc1. The fourth-order valence-electron chi connectivity index (χ4n) is 3.30. The van der Waals surface area contributed by atoms with Crippen LogP contribution in [0.5, 0.6) is 0 Å². The highest BCUT2D eigenvalue weighted by Crippen LogP contribution is 2.30. The number of aryl methyl sites for hydroxylation is 1. The zero-order valence-electron chi connectivity index (χ0n) is 13.4. The summed E-state index contributed by atoms with van der Waals surface area (Å²) in [6.45, 7) is 2.44. The average Bonchev–Trinajstić information content (AvgIpc) is 3.18. The maximum Gasteiger partial charge on any atom is 0.255 e. The lowest BCUT2D eigenvalue weighted by atomic mass is 10.0. The molecule has 4 rings (SSSR count). The highest BCUT2D eigenvalue weighted by Gasteiger charge is 2.32. The van der Waals surface area contributed by atoms with Crippen molar-refractivity contribution in [3.05, 3.63) is 65.7 Å². The molecule has 1 aromatic carbocycles. The van der Waals surface area contributed by atoms with Crippen molar-refractivity contribution in [1.29, 1.82) is 0 Å². The molecule has 24 heavy (non-hydrogen) atoms. The van der Waals surface area contributed by atoms with Crippen LogP contribution in [0, 0.1) is 6.92 Å². The molecule has 0 unspecified atom stereocenters. The lowest BCUT2D eigenvalue weighted by Crippen LogP contribution is -2.37. The fraction of sp³-hybridized carbons (Fsp3) is 0.263. The molecular formula is C19H18N2O3. The van der Waals surface area contributed by atoms with Crippen LogP contribution in [0.4, 0.5) is 0 Å². The number of fused-ring (bicyclic) bond motifs is 1. The first-order chi connectivity index (χ1) is 11.7. The van der Waals surface area contributed by atoms with Crippen molar-refractivity contribution in [2.75, 3.05) is 6.61 Å². The molecule has 1 amide bonds. The molecule has 0 saturated carbocycles. The second-order valence-electron chi connectivity index (χ2n) is 5.98. The molecule has 1 aliphatic heterocycles. The van der Waals surface area contributed by atoms with Crippen LogP contribution >= 0.6 is 0 Å². The molecule has 1 fully saturated rings. The molecule has 122 valence electrons. The number of hydrogen-bond acceptors (Lipinski definition) is 4. The van der Waals surface area contributed by atoms with Gasteiger partial charge in [-0.2, -0.15) is 0 Å². The third kappa shape index (κ3) is 2.57. The summed E-state index contributed by atoms with van der Waals surface area (Å²) < 4.78 is 11.5. The van der Waals surface area contributed by atoms with Crippen molar-refractivity contribution in [1.82, 2.24) is 10.3 Å². The second kappa shape index (κ2) is 6.09. The number of pyridine rings is 1. The van der Waals surface area contributed by atoms with Crippen molar-refractivity contribution >= 4 is 16.9 Å². The molecule has 0 bridgehead atoms. The maximum absolute atomic E-state index is 12.8. The molecule has 2 aromatic heterocycles. The molecular weight excluding hydrogens is 304 g/mol. The molecule has 3 aromatic rings. The van der Waals surface area contributed by atoms with Crippen LogP contribution in [0.15, 0.2) is 53.2 Å². The number of carbonyl (C=O) groups excluding carboxylic acids is 1. The number of nitrogens with zero attached hydrogens (tertiary/aromatic N) is 1. The summed E-state index contributed by atoms with van der Waals surface area (Å²) >= 11 is 0. The Balaban J connectivity index is 1.60. The number of hydrogen-bond donors (Lipinski definition) is 1. The standard InChI is InChI=1S/C19H18N2O3/c1-12-17(14-6-2-3-7-16(14)24-12)19(22)21-15-8-10-23-18(15)13-5-4-9-20-11-13/h2-7,9,11,15,18H,8,10H2,1H3,(H,21,22)/t15-,18+/m1/s1. The van der Waals surface area contributed by atoms with E-state index >= 15 is 0 Å². The highest BCUT2D eigenvalue weighted by molar-refractivity contribution is 6.07. The first-order valence-electron chi connectivity index (χ1n) is 8.04. The Morgan fingerprint density at radius 1 is 1.25 bits per heavy atom. The smallest absolute Gasteiger partial charge is 0.255 e. The lowest BCUT2D eigenvalue weighted by Gasteiger charge is -2.20. The van der Waals surface area contributed by atoms with Crippen LogP contribution in [0.25, 0.3) is 11.0 Å². The van der Waals surface area contributed by atoms with E-state index in [0.717, 1.165) is 23.0 Å². The van der Waals surface area contributed by atoms with Crippen molar-refractivity contribution in [2.45, 2.75) is 25.5 Å². The van der Waals surface area contributed by atoms with Gasteiger partial charge in [0.1, 0.15) is 17.4 Å². The third-order valence-electron chi connectivity index (χ3n) is 4.42. The summed E-state index contributed by atoms with van der Waals surface area (Å²) in [6, 6.07) is 11.4. The number of nitrogens with one attached hydrogen (secondary N) is 1. The van der Waals surface area contributed by atoms with E-state index in [4.69, 9.17) is 9.15 Å². The Morgan fingerprint density at radius 3 is 2.96 bits per heavy atom. The molecule has 1 saturated heterocycles. The topological polar surface area (TPSA) is 64.4 Å². The van der Waals surface area contributed by atoms with E-state index in [2.05, 4.69) is 10.3 Å². The van der Waals surface area contributed by atoms with Gasteiger partial charge in [0.05, 0.1) is 11.6 Å². The van der Waals surface area contributed by atoms with E-state index in [0.29, 0.717) is 17.9 Å². The van der Waals surface area contributed by atoms with Gasteiger partial charge < -0.3 is 14.5 Å². The molecule has 0 spiro atoms. The van der Waals surface area contributed by atoms with Crippen LogP contribution < -0.4 is 5.32 Å². The van der Waals surface area contributed by atoms with E-state index in [-0.39, 0.29) is 18.1 Å². The van der Waals surface area contributed by atoms with Crippen molar-refractivity contribution in [3.63, 3.8) is 0 Å². The summed E-state index contributed by atoms with van der Waals surface area (Å²) in [5.74, 6) is 0.507. The number of ether oxygens (including phenoxy) is 1. The van der Waals surface area contributed by atoms with Gasteiger partial charge in [-0.05, 0) is 25.5 Å². The Hall–Kier alpha value is -2.66. The maximum atomic E-state index is 12.8. The molecule has 0 aliphatic carbocycles. The largest absolute Gasteiger partial charge is 0.461 e. The Bertz CT molecular complexity index is 873. The van der Waals surface area contributed by atoms with Gasteiger partial charge in [0.25, 0.3) is 5.91 Å². The van der Waals surface area contributed by atoms with Gasteiger partial charge >= 0.3 is 0 Å². The molecule has 2 atom stereocenters. The van der Waals surface area contributed by atoms with Crippen molar-refractivity contribution in [3.8, 4) is 0 Å². The quantitative estimate of drug-likeness (QED) is 0.803. The van der Waals surface area contributed by atoms with Gasteiger partial charge in [-0.25, -0.2) is 0 Å². The first-order valence-corrected chi connectivity index (χ1v) is 8.04. The third-order valence-corrected chi connectivity index (χ3v) is 4.42. The number of aromatic nitrogens is 1.